The molecule has 0 radical (unpaired) electrons. The van der Waals surface area contributed by atoms with Crippen LogP contribution in [0.3, 0.4) is 0 Å². The standard InChI is InChI=1S/C17H19N3O5S/c21-20(22)15-2-1-3-16(11-15)26(23,24)19-8-7-18-12-13-4-5-17-14(10-13)6-9-25-17/h1-5,10-11,18-19H,6-9,12H2. The molecule has 0 atom stereocenters. The van der Waals surface area contributed by atoms with Crippen molar-refractivity contribution >= 4 is 15.7 Å². The summed E-state index contributed by atoms with van der Waals surface area (Å²) in [5.41, 5.74) is 2.04. The number of nitro benzene ring substituents is 1. The molecule has 0 saturated carbocycles. The second kappa shape index (κ2) is 7.81. The lowest BCUT2D eigenvalue weighted by molar-refractivity contribution is -0.385. The molecule has 2 aromatic rings. The number of ether oxygens (including phenoxy) is 1. The molecule has 1 aliphatic rings. The molecule has 0 bridgehead atoms. The van der Waals surface area contributed by atoms with Crippen LogP contribution in [0.15, 0.2) is 47.4 Å². The highest BCUT2D eigenvalue weighted by atomic mass is 32.2. The Bertz CT molecular complexity index is 914. The number of nitro groups is 1. The fourth-order valence-electron chi connectivity index (χ4n) is 2.70. The number of hydrogen-bond acceptors (Lipinski definition) is 6. The van der Waals surface area contributed by atoms with Crippen LogP contribution in [-0.2, 0) is 23.0 Å². The van der Waals surface area contributed by atoms with Gasteiger partial charge in [-0.2, -0.15) is 0 Å². The number of benzene rings is 2. The molecular weight excluding hydrogens is 358 g/mol. The Balaban J connectivity index is 1.48. The second-order valence-electron chi connectivity index (χ2n) is 5.87. The zero-order valence-corrected chi connectivity index (χ0v) is 14.8. The van der Waals surface area contributed by atoms with Gasteiger partial charge in [-0.15, -0.1) is 0 Å². The summed E-state index contributed by atoms with van der Waals surface area (Å²) in [6.07, 6.45) is 0.909. The molecule has 8 nitrogen and oxygen atoms in total. The Hall–Kier alpha value is -2.49. The van der Waals surface area contributed by atoms with E-state index in [9.17, 15) is 18.5 Å². The second-order valence-corrected chi connectivity index (χ2v) is 7.64. The molecular formula is C17H19N3O5S. The SMILES string of the molecule is O=[N+]([O-])c1cccc(S(=O)(=O)NCCNCc2ccc3c(c2)CCO3)c1. The predicted molar refractivity (Wildman–Crippen MR) is 95.6 cm³/mol. The molecule has 0 unspecified atom stereocenters. The van der Waals surface area contributed by atoms with Crippen molar-refractivity contribution in [2.24, 2.45) is 0 Å². The minimum Gasteiger partial charge on any atom is -0.493 e. The maximum absolute atomic E-state index is 12.2. The Morgan fingerprint density at radius 3 is 2.81 bits per heavy atom. The van der Waals surface area contributed by atoms with Gasteiger partial charge in [0.1, 0.15) is 5.75 Å². The van der Waals surface area contributed by atoms with E-state index in [0.717, 1.165) is 23.8 Å². The van der Waals surface area contributed by atoms with Crippen LogP contribution in [-0.4, -0.2) is 33.0 Å². The van der Waals surface area contributed by atoms with E-state index < -0.39 is 14.9 Å². The zero-order valence-electron chi connectivity index (χ0n) is 14.0. The summed E-state index contributed by atoms with van der Waals surface area (Å²) in [5.74, 6) is 0.929. The van der Waals surface area contributed by atoms with Crippen LogP contribution in [0.4, 0.5) is 5.69 Å². The molecule has 1 heterocycles. The number of sulfonamides is 1. The third-order valence-electron chi connectivity index (χ3n) is 4.02. The van der Waals surface area contributed by atoms with Gasteiger partial charge < -0.3 is 10.1 Å². The van der Waals surface area contributed by atoms with Crippen LogP contribution in [0.2, 0.25) is 0 Å². The first-order chi connectivity index (χ1) is 12.5. The Morgan fingerprint density at radius 1 is 1.15 bits per heavy atom. The topological polar surface area (TPSA) is 111 Å². The van der Waals surface area contributed by atoms with E-state index in [1.165, 1.54) is 23.8 Å². The van der Waals surface area contributed by atoms with Gasteiger partial charge in [0, 0.05) is 38.2 Å². The lowest BCUT2D eigenvalue weighted by Gasteiger charge is -2.09. The van der Waals surface area contributed by atoms with Crippen molar-refractivity contribution in [1.29, 1.82) is 0 Å². The highest BCUT2D eigenvalue weighted by molar-refractivity contribution is 7.89. The summed E-state index contributed by atoms with van der Waals surface area (Å²) < 4.78 is 32.3. The van der Waals surface area contributed by atoms with Crippen LogP contribution in [0.5, 0.6) is 5.75 Å². The molecule has 26 heavy (non-hydrogen) atoms. The average Bonchev–Trinajstić information content (AvgIpc) is 3.09. The van der Waals surface area contributed by atoms with Crippen LogP contribution in [0.25, 0.3) is 0 Å². The summed E-state index contributed by atoms with van der Waals surface area (Å²) in [5, 5.41) is 13.9. The first-order valence-corrected chi connectivity index (χ1v) is 9.63. The van der Waals surface area contributed by atoms with E-state index in [2.05, 4.69) is 16.1 Å². The monoisotopic (exact) mass is 377 g/mol. The van der Waals surface area contributed by atoms with Gasteiger partial charge in [0.2, 0.25) is 10.0 Å². The smallest absolute Gasteiger partial charge is 0.270 e. The van der Waals surface area contributed by atoms with Crippen LogP contribution < -0.4 is 14.8 Å². The lowest BCUT2D eigenvalue weighted by atomic mass is 10.1. The number of non-ortho nitro benzene ring substituents is 1. The fourth-order valence-corrected chi connectivity index (χ4v) is 3.78. The molecule has 0 fully saturated rings. The van der Waals surface area contributed by atoms with Gasteiger partial charge in [0.25, 0.3) is 5.69 Å². The number of rotatable bonds is 8. The molecule has 0 aromatic heterocycles. The maximum atomic E-state index is 12.2. The highest BCUT2D eigenvalue weighted by Crippen LogP contribution is 2.25. The molecule has 0 amide bonds. The number of nitrogens with one attached hydrogen (secondary N) is 2. The molecule has 2 N–H and O–H groups in total. The van der Waals surface area contributed by atoms with E-state index in [1.807, 2.05) is 12.1 Å². The van der Waals surface area contributed by atoms with Crippen molar-refractivity contribution in [3.63, 3.8) is 0 Å². The van der Waals surface area contributed by atoms with Crippen LogP contribution in [0, 0.1) is 10.1 Å². The Morgan fingerprint density at radius 2 is 2.00 bits per heavy atom. The molecule has 3 rings (SSSR count). The summed E-state index contributed by atoms with van der Waals surface area (Å²) in [7, 11) is -3.78. The molecule has 0 spiro atoms. The van der Waals surface area contributed by atoms with E-state index in [0.29, 0.717) is 19.7 Å². The number of hydrogen-bond donors (Lipinski definition) is 2. The van der Waals surface area contributed by atoms with E-state index in [4.69, 9.17) is 4.74 Å². The minimum atomic E-state index is -3.78. The van der Waals surface area contributed by atoms with Gasteiger partial charge in [-0.3, -0.25) is 10.1 Å². The molecule has 138 valence electrons. The quantitative estimate of drug-likeness (QED) is 0.411. The number of fused-ring (bicyclic) bond motifs is 1. The maximum Gasteiger partial charge on any atom is 0.270 e. The highest BCUT2D eigenvalue weighted by Gasteiger charge is 2.17. The lowest BCUT2D eigenvalue weighted by Crippen LogP contribution is -2.31. The number of nitrogens with zero attached hydrogens (tertiary/aromatic N) is 1. The summed E-state index contributed by atoms with van der Waals surface area (Å²) in [4.78, 5) is 10.0. The molecule has 2 aromatic carbocycles. The van der Waals surface area contributed by atoms with Crippen LogP contribution in [0.1, 0.15) is 11.1 Å². The van der Waals surface area contributed by atoms with Crippen LogP contribution >= 0.6 is 0 Å². The van der Waals surface area contributed by atoms with Crippen molar-refractivity contribution in [3.05, 3.63) is 63.7 Å². The average molecular weight is 377 g/mol. The van der Waals surface area contributed by atoms with E-state index >= 15 is 0 Å². The molecule has 0 saturated heterocycles. The molecule has 1 aliphatic heterocycles. The predicted octanol–water partition coefficient (Wildman–Crippen LogP) is 1.60. The Labute approximate surface area is 151 Å². The third-order valence-corrected chi connectivity index (χ3v) is 5.47. The van der Waals surface area contributed by atoms with Crippen molar-refractivity contribution in [1.82, 2.24) is 10.0 Å². The summed E-state index contributed by atoms with van der Waals surface area (Å²) in [6.45, 7) is 1.94. The van der Waals surface area contributed by atoms with E-state index in [-0.39, 0.29) is 17.1 Å². The fraction of sp³-hybridized carbons (Fsp3) is 0.294. The van der Waals surface area contributed by atoms with Crippen molar-refractivity contribution < 1.29 is 18.1 Å². The van der Waals surface area contributed by atoms with Gasteiger partial charge in [0.15, 0.2) is 0 Å². The van der Waals surface area contributed by atoms with E-state index in [1.54, 1.807) is 0 Å². The first kappa shape index (κ1) is 18.3. The zero-order chi connectivity index (χ0) is 18.6. The van der Waals surface area contributed by atoms with Gasteiger partial charge in [-0.1, -0.05) is 18.2 Å². The minimum absolute atomic E-state index is 0.120. The van der Waals surface area contributed by atoms with Gasteiger partial charge in [0.05, 0.1) is 16.4 Å². The Kier molecular flexibility index (Phi) is 5.50. The van der Waals surface area contributed by atoms with Crippen molar-refractivity contribution in [2.45, 2.75) is 17.9 Å². The molecule has 0 aliphatic carbocycles. The largest absolute Gasteiger partial charge is 0.493 e. The summed E-state index contributed by atoms with van der Waals surface area (Å²) >= 11 is 0. The van der Waals surface area contributed by atoms with Gasteiger partial charge in [-0.25, -0.2) is 13.1 Å². The van der Waals surface area contributed by atoms with Crippen molar-refractivity contribution in [3.8, 4) is 5.75 Å². The first-order valence-electron chi connectivity index (χ1n) is 8.15. The third kappa shape index (κ3) is 4.37. The van der Waals surface area contributed by atoms with Crippen molar-refractivity contribution in [2.75, 3.05) is 19.7 Å². The van der Waals surface area contributed by atoms with Gasteiger partial charge >= 0.3 is 0 Å². The van der Waals surface area contributed by atoms with Gasteiger partial charge in [-0.05, 0) is 23.3 Å². The molecule has 9 heteroatoms. The summed E-state index contributed by atoms with van der Waals surface area (Å²) in [6, 6.07) is 11.0. The normalized spacial score (nSPS) is 13.2.